The van der Waals surface area contributed by atoms with Crippen LogP contribution in [0.3, 0.4) is 0 Å². The van der Waals surface area contributed by atoms with Crippen molar-refractivity contribution in [3.8, 4) is 0 Å². The van der Waals surface area contributed by atoms with Crippen molar-refractivity contribution in [3.63, 3.8) is 0 Å². The van der Waals surface area contributed by atoms with Crippen molar-refractivity contribution < 1.29 is 19.5 Å². The molecule has 1 aromatic carbocycles. The number of hydrogen-bond acceptors (Lipinski definition) is 4. The predicted octanol–water partition coefficient (Wildman–Crippen LogP) is 0.698. The summed E-state index contributed by atoms with van der Waals surface area (Å²) < 4.78 is 1.50. The second kappa shape index (κ2) is 6.42. The summed E-state index contributed by atoms with van der Waals surface area (Å²) in [7, 11) is 1.61. The van der Waals surface area contributed by atoms with E-state index in [1.165, 1.54) is 4.57 Å². The second-order valence-corrected chi connectivity index (χ2v) is 6.61. The summed E-state index contributed by atoms with van der Waals surface area (Å²) in [6.07, 6.45) is -0.370. The first-order valence-corrected chi connectivity index (χ1v) is 8.30. The van der Waals surface area contributed by atoms with Gasteiger partial charge in [0.25, 0.3) is 17.6 Å². The number of nitrogens with one attached hydrogen (secondary N) is 1. The van der Waals surface area contributed by atoms with Gasteiger partial charge in [0.2, 0.25) is 0 Å². The van der Waals surface area contributed by atoms with Gasteiger partial charge in [0, 0.05) is 19.2 Å². The number of carbonyl (C=O) groups excluding carboxylic acids is 3. The van der Waals surface area contributed by atoms with E-state index in [0.717, 1.165) is 11.1 Å². The van der Waals surface area contributed by atoms with E-state index in [0.29, 0.717) is 17.7 Å². The van der Waals surface area contributed by atoms with Crippen LogP contribution in [0.2, 0.25) is 0 Å². The van der Waals surface area contributed by atoms with Gasteiger partial charge in [-0.1, -0.05) is 24.3 Å². The number of aliphatic hydroxyl groups is 1. The summed E-state index contributed by atoms with van der Waals surface area (Å²) in [6.45, 7) is 3.26. The van der Waals surface area contributed by atoms with Crippen molar-refractivity contribution in [1.82, 2.24) is 9.88 Å². The van der Waals surface area contributed by atoms with Crippen LogP contribution in [-0.2, 0) is 18.3 Å². The molecule has 0 radical (unpaired) electrons. The highest BCUT2D eigenvalue weighted by Crippen LogP contribution is 2.31. The molecule has 2 aromatic rings. The van der Waals surface area contributed by atoms with E-state index in [2.05, 4.69) is 5.32 Å². The van der Waals surface area contributed by atoms with E-state index >= 15 is 0 Å². The van der Waals surface area contributed by atoms with Gasteiger partial charge in [-0.3, -0.25) is 14.4 Å². The summed E-state index contributed by atoms with van der Waals surface area (Å²) in [5, 5.41) is 12.9. The minimum Gasteiger partial charge on any atom is -0.390 e. The van der Waals surface area contributed by atoms with Crippen LogP contribution in [0.25, 0.3) is 0 Å². The topological polar surface area (TPSA) is 114 Å². The maximum absolute atomic E-state index is 12.7. The second-order valence-electron chi connectivity index (χ2n) is 6.61. The van der Waals surface area contributed by atoms with E-state index in [1.807, 2.05) is 24.3 Å². The van der Waals surface area contributed by atoms with Crippen molar-refractivity contribution in [2.24, 2.45) is 12.8 Å². The van der Waals surface area contributed by atoms with Crippen LogP contribution in [0.4, 0.5) is 0 Å². The molecule has 0 spiro atoms. The zero-order chi connectivity index (χ0) is 19.2. The van der Waals surface area contributed by atoms with Crippen molar-refractivity contribution in [2.75, 3.05) is 0 Å². The first-order valence-electron chi connectivity index (χ1n) is 8.30. The number of rotatable bonds is 4. The van der Waals surface area contributed by atoms with Crippen LogP contribution >= 0.6 is 0 Å². The molecule has 2 atom stereocenters. The van der Waals surface area contributed by atoms with E-state index in [9.17, 15) is 19.5 Å². The summed E-state index contributed by atoms with van der Waals surface area (Å²) in [6, 6.07) is 6.75. The summed E-state index contributed by atoms with van der Waals surface area (Å²) in [5.74, 6) is -2.24. The number of carbonyl (C=O) groups is 3. The quantitative estimate of drug-likeness (QED) is 0.553. The molecule has 1 aliphatic rings. The molecule has 7 heteroatoms. The minimum atomic E-state index is -0.828. The number of nitrogens with two attached hydrogens (primary N) is 1. The van der Waals surface area contributed by atoms with Crippen LogP contribution in [0.15, 0.2) is 24.3 Å². The number of hydrogen-bond donors (Lipinski definition) is 3. The van der Waals surface area contributed by atoms with Gasteiger partial charge < -0.3 is 20.7 Å². The average Bonchev–Trinajstić information content (AvgIpc) is 3.01. The number of fused-ring (bicyclic) bond motifs is 1. The fourth-order valence-electron chi connectivity index (χ4n) is 3.72. The molecule has 136 valence electrons. The largest absolute Gasteiger partial charge is 0.390 e. The third-order valence-corrected chi connectivity index (χ3v) is 5.09. The van der Waals surface area contributed by atoms with E-state index in [1.54, 1.807) is 20.9 Å². The van der Waals surface area contributed by atoms with Gasteiger partial charge in [-0.15, -0.1) is 0 Å². The molecule has 2 amide bonds. The maximum Gasteiger partial charge on any atom is 0.294 e. The molecule has 1 aromatic heterocycles. The zero-order valence-corrected chi connectivity index (χ0v) is 14.9. The Morgan fingerprint density at radius 1 is 1.23 bits per heavy atom. The Morgan fingerprint density at radius 3 is 2.50 bits per heavy atom. The van der Waals surface area contributed by atoms with Crippen molar-refractivity contribution in [3.05, 3.63) is 57.9 Å². The van der Waals surface area contributed by atoms with Gasteiger partial charge in [-0.25, -0.2) is 0 Å². The van der Waals surface area contributed by atoms with E-state index in [4.69, 9.17) is 5.73 Å². The molecule has 0 unspecified atom stereocenters. The third kappa shape index (κ3) is 2.70. The average molecular weight is 355 g/mol. The number of benzene rings is 1. The number of Topliss-reactive ketones (excluding diaryl/α,β-unsaturated/α-hetero) is 1. The lowest BCUT2D eigenvalue weighted by Crippen LogP contribution is -2.39. The Kier molecular flexibility index (Phi) is 4.41. The fraction of sp³-hybridized carbons (Fsp3) is 0.316. The maximum atomic E-state index is 12.7. The van der Waals surface area contributed by atoms with E-state index in [-0.39, 0.29) is 11.3 Å². The molecular formula is C19H21N3O4. The third-order valence-electron chi connectivity index (χ3n) is 5.09. The molecule has 0 bridgehead atoms. The first kappa shape index (κ1) is 17.9. The van der Waals surface area contributed by atoms with Crippen LogP contribution in [0, 0.1) is 13.8 Å². The zero-order valence-electron chi connectivity index (χ0n) is 14.9. The summed E-state index contributed by atoms with van der Waals surface area (Å²) in [5.41, 5.74) is 8.40. The lowest BCUT2D eigenvalue weighted by atomic mass is 10.1. The summed E-state index contributed by atoms with van der Waals surface area (Å²) >= 11 is 0. The molecule has 1 aliphatic carbocycles. The molecule has 4 N–H and O–H groups in total. The number of primary amides is 1. The highest BCUT2D eigenvalue weighted by Gasteiger charge is 2.35. The predicted molar refractivity (Wildman–Crippen MR) is 94.8 cm³/mol. The molecule has 0 saturated heterocycles. The SMILES string of the molecule is Cc1c(C(N)=O)c(C)n(C)c1C(=O)C(=O)N[C@@H]1c2ccccc2C[C@@H]1O. The van der Waals surface area contributed by atoms with Crippen LogP contribution in [0.1, 0.15) is 49.3 Å². The molecule has 0 saturated carbocycles. The fourth-order valence-corrected chi connectivity index (χ4v) is 3.72. The molecule has 3 rings (SSSR count). The van der Waals surface area contributed by atoms with Gasteiger partial charge >= 0.3 is 0 Å². The van der Waals surface area contributed by atoms with Gasteiger partial charge in [0.1, 0.15) is 0 Å². The van der Waals surface area contributed by atoms with Crippen molar-refractivity contribution in [2.45, 2.75) is 32.4 Å². The highest BCUT2D eigenvalue weighted by molar-refractivity contribution is 6.43. The molecular weight excluding hydrogens is 334 g/mol. The van der Waals surface area contributed by atoms with E-state index < -0.39 is 29.7 Å². The number of aromatic nitrogens is 1. The van der Waals surface area contributed by atoms with Gasteiger partial charge in [-0.2, -0.15) is 0 Å². The molecule has 0 aliphatic heterocycles. The Morgan fingerprint density at radius 2 is 1.88 bits per heavy atom. The van der Waals surface area contributed by atoms with Crippen LogP contribution < -0.4 is 11.1 Å². The highest BCUT2D eigenvalue weighted by atomic mass is 16.3. The first-order chi connectivity index (χ1) is 12.2. The Bertz CT molecular complexity index is 929. The monoisotopic (exact) mass is 355 g/mol. The Balaban J connectivity index is 1.89. The van der Waals surface area contributed by atoms with Crippen LogP contribution in [-0.4, -0.2) is 33.4 Å². The summed E-state index contributed by atoms with van der Waals surface area (Å²) in [4.78, 5) is 36.9. The normalized spacial score (nSPS) is 18.5. The Labute approximate surface area is 150 Å². The Hall–Kier alpha value is -2.93. The minimum absolute atomic E-state index is 0.120. The number of ketones is 1. The molecule has 26 heavy (non-hydrogen) atoms. The van der Waals surface area contributed by atoms with Gasteiger partial charge in [-0.05, 0) is 30.5 Å². The van der Waals surface area contributed by atoms with Gasteiger partial charge in [0.05, 0.1) is 23.4 Å². The smallest absolute Gasteiger partial charge is 0.294 e. The molecule has 0 fully saturated rings. The molecule has 7 nitrogen and oxygen atoms in total. The number of nitrogens with zero attached hydrogens (tertiary/aromatic N) is 1. The lowest BCUT2D eigenvalue weighted by molar-refractivity contribution is -0.118. The molecule has 1 heterocycles. The number of amides is 2. The lowest BCUT2D eigenvalue weighted by Gasteiger charge is -2.17. The van der Waals surface area contributed by atoms with Crippen molar-refractivity contribution in [1.29, 1.82) is 0 Å². The van der Waals surface area contributed by atoms with Gasteiger partial charge in [0.15, 0.2) is 0 Å². The number of aliphatic hydroxyl groups excluding tert-OH is 1. The van der Waals surface area contributed by atoms with Crippen LogP contribution in [0.5, 0.6) is 0 Å². The van der Waals surface area contributed by atoms with Crippen molar-refractivity contribution >= 4 is 17.6 Å². The standard InChI is InChI=1S/C19H21N3O4/c1-9-14(18(20)25)10(2)22(3)16(9)17(24)19(26)21-15-12-7-5-4-6-11(12)8-13(15)23/h4-7,13,15,23H,8H2,1-3H3,(H2,20,25)(H,21,26)/t13-,15+/m0/s1.